The van der Waals surface area contributed by atoms with Crippen molar-refractivity contribution in [3.63, 3.8) is 0 Å². The molecule has 2 nitrogen and oxygen atoms in total. The van der Waals surface area contributed by atoms with Crippen molar-refractivity contribution in [3.05, 3.63) is 257 Å². The van der Waals surface area contributed by atoms with Crippen LogP contribution in [0, 0.1) is 5.92 Å². The van der Waals surface area contributed by atoms with Crippen LogP contribution in [0.5, 0.6) is 0 Å². The van der Waals surface area contributed by atoms with E-state index in [4.69, 9.17) is 0 Å². The van der Waals surface area contributed by atoms with Crippen molar-refractivity contribution in [2.75, 3.05) is 9.80 Å². The van der Waals surface area contributed by atoms with Gasteiger partial charge in [0, 0.05) is 45.2 Å². The lowest BCUT2D eigenvalue weighted by molar-refractivity contribution is 0.644. The minimum atomic E-state index is -0.254. The average Bonchev–Trinajstić information content (AvgIpc) is 3.62. The Labute approximate surface area is 411 Å². The number of anilines is 4. The van der Waals surface area contributed by atoms with Crippen LogP contribution in [0.4, 0.5) is 22.7 Å². The van der Waals surface area contributed by atoms with Gasteiger partial charge < -0.3 is 9.80 Å². The first-order valence-electron chi connectivity index (χ1n) is 25.2. The second-order valence-electron chi connectivity index (χ2n) is 21.2. The zero-order valence-corrected chi connectivity index (χ0v) is 40.2. The van der Waals surface area contributed by atoms with Crippen LogP contribution in [-0.2, 0) is 17.3 Å². The van der Waals surface area contributed by atoms with E-state index in [1.54, 1.807) is 0 Å². The van der Waals surface area contributed by atoms with Crippen molar-refractivity contribution < 1.29 is 0 Å². The van der Waals surface area contributed by atoms with Gasteiger partial charge in [-0.1, -0.05) is 185 Å². The molecule has 336 valence electrons. The summed E-state index contributed by atoms with van der Waals surface area (Å²) in [5.74, 6) is 0.422. The lowest BCUT2D eigenvalue weighted by Crippen LogP contribution is -2.33. The Morgan fingerprint density at radius 3 is 1.96 bits per heavy atom. The molecule has 0 amide bonds. The van der Waals surface area contributed by atoms with Crippen LogP contribution in [0.15, 0.2) is 224 Å². The Kier molecular flexibility index (Phi) is 8.96. The lowest BCUT2D eigenvalue weighted by Gasteiger charge is -2.38. The highest BCUT2D eigenvalue weighted by Crippen LogP contribution is 2.58. The predicted molar refractivity (Wildman–Crippen MR) is 297 cm³/mol. The highest BCUT2D eigenvalue weighted by molar-refractivity contribution is 6.13. The summed E-state index contributed by atoms with van der Waals surface area (Å²) in [6.45, 7) is 9.78. The van der Waals surface area contributed by atoms with E-state index < -0.39 is 0 Å². The number of rotatable bonds is 6. The minimum Gasteiger partial charge on any atom is -0.334 e. The van der Waals surface area contributed by atoms with Crippen molar-refractivity contribution in [2.24, 2.45) is 5.92 Å². The molecule has 0 N–H and O–H groups in total. The van der Waals surface area contributed by atoms with Crippen molar-refractivity contribution in [1.82, 2.24) is 0 Å². The Bertz CT molecular complexity index is 3870. The molecule has 0 heterocycles. The third-order valence-corrected chi connectivity index (χ3v) is 16.6. The van der Waals surface area contributed by atoms with Gasteiger partial charge in [-0.15, -0.1) is 0 Å². The summed E-state index contributed by atoms with van der Waals surface area (Å²) >= 11 is 0. The summed E-state index contributed by atoms with van der Waals surface area (Å²) in [5.41, 5.74) is 20.5. The quantitative estimate of drug-likeness (QED) is 0.164. The van der Waals surface area contributed by atoms with Crippen LogP contribution in [0.3, 0.4) is 0 Å². The Hall–Kier alpha value is -7.94. The maximum absolute atomic E-state index is 2.59. The number of nitrogens with zero attached hydrogens (tertiary/aromatic N) is 2. The van der Waals surface area contributed by atoms with Crippen LogP contribution in [0.2, 0.25) is 0 Å². The SMILES string of the molecule is CC1(C)c2cc(N(c3ccc4ccccc4c3)C3C=Cc4ccccc4C3)ccc2-c2c1cc1c3c(cccc23)C(C)(C)c2cc(N(C3=CCC4C=CC=CC4=C3)c3ccc4ccccc4c3)ccc2-1. The molecule has 14 rings (SSSR count). The number of fused-ring (bicyclic) bond motifs is 10. The molecule has 0 bridgehead atoms. The maximum Gasteiger partial charge on any atom is 0.0566 e. The third-order valence-electron chi connectivity index (χ3n) is 16.6. The third kappa shape index (κ3) is 6.18. The van der Waals surface area contributed by atoms with Crippen molar-refractivity contribution >= 4 is 61.1 Å². The van der Waals surface area contributed by atoms with E-state index in [0.29, 0.717) is 5.92 Å². The van der Waals surface area contributed by atoms with Crippen molar-refractivity contribution in [1.29, 1.82) is 0 Å². The molecule has 0 fully saturated rings. The number of hydrogen-bond acceptors (Lipinski definition) is 2. The molecule has 9 aromatic rings. The molecule has 9 aromatic carbocycles. The summed E-state index contributed by atoms with van der Waals surface area (Å²) in [6.07, 6.45) is 20.5. The van der Waals surface area contributed by atoms with E-state index in [1.807, 2.05) is 0 Å². The molecule has 0 spiro atoms. The highest BCUT2D eigenvalue weighted by Gasteiger charge is 2.42. The molecule has 0 aliphatic heterocycles. The average molecular weight is 899 g/mol. The van der Waals surface area contributed by atoms with Crippen LogP contribution < -0.4 is 9.80 Å². The van der Waals surface area contributed by atoms with E-state index in [2.05, 4.69) is 256 Å². The van der Waals surface area contributed by atoms with Gasteiger partial charge >= 0.3 is 0 Å². The lowest BCUT2D eigenvalue weighted by atomic mass is 9.67. The fourth-order valence-corrected chi connectivity index (χ4v) is 12.9. The number of benzene rings is 9. The molecule has 0 radical (unpaired) electrons. The summed E-state index contributed by atoms with van der Waals surface area (Å²) in [6, 6.07) is 64.7. The molecule has 70 heavy (non-hydrogen) atoms. The van der Waals surface area contributed by atoms with Gasteiger partial charge in [-0.05, 0) is 167 Å². The standard InChI is InChI=1S/C68H54N2/c1-67(2)61-23-13-22-59-65-58-35-33-56(70(53-30-26-45-16-7-11-20-49(45)38-53)54-31-27-46-17-8-12-21-50(46)39-54)41-63(58)68(3,4)64(65)42-60(66(59)61)57-34-32-55(40-62(57)67)69(51-28-24-43-14-5-9-18-47(43)36-51)52-29-25-44-15-6-10-19-48(44)37-52/h5-24,26-38,40-42,44,54H,25,39H2,1-4H3. The minimum absolute atomic E-state index is 0.162. The van der Waals surface area contributed by atoms with Gasteiger partial charge in [0.2, 0.25) is 0 Å². The number of allylic oxidation sites excluding steroid dienone is 7. The Morgan fingerprint density at radius 1 is 0.486 bits per heavy atom. The van der Waals surface area contributed by atoms with E-state index in [0.717, 1.165) is 12.8 Å². The van der Waals surface area contributed by atoms with Gasteiger partial charge in [0.15, 0.2) is 0 Å². The van der Waals surface area contributed by atoms with Crippen molar-refractivity contribution in [3.8, 4) is 22.3 Å². The molecule has 2 heteroatoms. The zero-order valence-electron chi connectivity index (χ0n) is 40.2. The van der Waals surface area contributed by atoms with Gasteiger partial charge in [0.1, 0.15) is 0 Å². The van der Waals surface area contributed by atoms with Crippen LogP contribution in [0.1, 0.15) is 67.5 Å². The monoisotopic (exact) mass is 898 g/mol. The largest absolute Gasteiger partial charge is 0.334 e. The van der Waals surface area contributed by atoms with Crippen LogP contribution in [0.25, 0.3) is 60.6 Å². The first-order valence-corrected chi connectivity index (χ1v) is 25.2. The first kappa shape index (κ1) is 41.1. The first-order chi connectivity index (χ1) is 34.2. The zero-order chi connectivity index (χ0) is 46.9. The smallest absolute Gasteiger partial charge is 0.0566 e. The molecule has 5 aliphatic rings. The topological polar surface area (TPSA) is 6.48 Å². The van der Waals surface area contributed by atoms with Gasteiger partial charge in [0.05, 0.1) is 6.04 Å². The molecule has 2 atom stereocenters. The van der Waals surface area contributed by atoms with Gasteiger partial charge in [-0.2, -0.15) is 0 Å². The van der Waals surface area contributed by atoms with E-state index in [-0.39, 0.29) is 16.9 Å². The molecular weight excluding hydrogens is 845 g/mol. The fourth-order valence-electron chi connectivity index (χ4n) is 12.9. The molecule has 0 saturated heterocycles. The van der Waals surface area contributed by atoms with Gasteiger partial charge in [0.25, 0.3) is 0 Å². The van der Waals surface area contributed by atoms with Crippen LogP contribution in [-0.4, -0.2) is 6.04 Å². The summed E-state index contributed by atoms with van der Waals surface area (Å²) < 4.78 is 0. The van der Waals surface area contributed by atoms with E-state index in [9.17, 15) is 0 Å². The Balaban J connectivity index is 0.910. The molecule has 2 unspecified atom stereocenters. The van der Waals surface area contributed by atoms with Crippen molar-refractivity contribution in [2.45, 2.75) is 57.4 Å². The molecular formula is C68H54N2. The molecule has 5 aliphatic carbocycles. The Morgan fingerprint density at radius 2 is 1.13 bits per heavy atom. The summed E-state index contributed by atoms with van der Waals surface area (Å²) in [5, 5.41) is 7.75. The fraction of sp³-hybridized carbons (Fsp3) is 0.147. The molecule has 0 saturated carbocycles. The van der Waals surface area contributed by atoms with Gasteiger partial charge in [-0.3, -0.25) is 0 Å². The van der Waals surface area contributed by atoms with Gasteiger partial charge in [-0.25, -0.2) is 0 Å². The second-order valence-corrected chi connectivity index (χ2v) is 21.2. The van der Waals surface area contributed by atoms with E-state index in [1.165, 1.54) is 122 Å². The summed E-state index contributed by atoms with van der Waals surface area (Å²) in [7, 11) is 0. The normalized spacial score (nSPS) is 18.4. The van der Waals surface area contributed by atoms with E-state index >= 15 is 0 Å². The van der Waals surface area contributed by atoms with Crippen LogP contribution >= 0.6 is 0 Å². The predicted octanol–water partition coefficient (Wildman–Crippen LogP) is 17.6. The maximum atomic E-state index is 2.59. The summed E-state index contributed by atoms with van der Waals surface area (Å²) in [4.78, 5) is 5.09. The highest BCUT2D eigenvalue weighted by atomic mass is 15.2. The number of hydrogen-bond donors (Lipinski definition) is 0. The molecule has 0 aromatic heterocycles. The second kappa shape index (κ2) is 15.3.